The maximum absolute atomic E-state index is 6.26. The fraction of sp³-hybridized carbons (Fsp3) is 0.385. The maximum Gasteiger partial charge on any atom is 0.0738 e. The third-order valence-electron chi connectivity index (χ3n) is 2.89. The van der Waals surface area contributed by atoms with E-state index >= 15 is 0 Å². The van der Waals surface area contributed by atoms with Gasteiger partial charge in [-0.1, -0.05) is 13.0 Å². The van der Waals surface area contributed by atoms with Crippen LogP contribution in [0.25, 0.3) is 0 Å². The second-order valence-corrected chi connectivity index (χ2v) is 3.99. The van der Waals surface area contributed by atoms with Crippen LogP contribution < -0.4 is 5.73 Å². The van der Waals surface area contributed by atoms with E-state index in [1.165, 1.54) is 0 Å². The Balaban J connectivity index is 2.36. The first-order valence-corrected chi connectivity index (χ1v) is 5.98. The molecule has 0 radical (unpaired) electrons. The molecule has 2 aromatic heterocycles. The molecule has 0 aliphatic rings. The zero-order valence-electron chi connectivity index (χ0n) is 10.3. The fourth-order valence-corrected chi connectivity index (χ4v) is 1.89. The van der Waals surface area contributed by atoms with Gasteiger partial charge in [-0.2, -0.15) is 5.10 Å². The van der Waals surface area contributed by atoms with Gasteiger partial charge in [-0.25, -0.2) is 0 Å². The fourth-order valence-electron chi connectivity index (χ4n) is 1.89. The standard InChI is InChI=1S/C13H18N4/c1-3-11-8-12(17(4-2)16-11)13(14)10-6-5-7-15-9-10/h5-9,13H,3-4,14H2,1-2H3. The minimum Gasteiger partial charge on any atom is -0.319 e. The molecule has 4 heteroatoms. The van der Waals surface area contributed by atoms with E-state index in [0.29, 0.717) is 0 Å². The van der Waals surface area contributed by atoms with Crippen LogP contribution in [0.5, 0.6) is 0 Å². The summed E-state index contributed by atoms with van der Waals surface area (Å²) in [4.78, 5) is 4.10. The monoisotopic (exact) mass is 230 g/mol. The average Bonchev–Trinajstić information content (AvgIpc) is 2.82. The number of nitrogens with two attached hydrogens (primary N) is 1. The molecule has 2 N–H and O–H groups in total. The van der Waals surface area contributed by atoms with E-state index < -0.39 is 0 Å². The topological polar surface area (TPSA) is 56.7 Å². The molecule has 4 nitrogen and oxygen atoms in total. The highest BCUT2D eigenvalue weighted by atomic mass is 15.3. The van der Waals surface area contributed by atoms with Crippen molar-refractivity contribution in [1.29, 1.82) is 0 Å². The Labute approximate surface area is 101 Å². The van der Waals surface area contributed by atoms with Crippen molar-refractivity contribution in [3.05, 3.63) is 47.5 Å². The normalized spacial score (nSPS) is 12.6. The summed E-state index contributed by atoms with van der Waals surface area (Å²) < 4.78 is 1.97. The molecule has 0 aromatic carbocycles. The Bertz CT molecular complexity index is 475. The van der Waals surface area contributed by atoms with Crippen molar-refractivity contribution in [2.24, 2.45) is 5.73 Å². The molecule has 2 aromatic rings. The molecule has 90 valence electrons. The van der Waals surface area contributed by atoms with Crippen molar-refractivity contribution in [3.8, 4) is 0 Å². The number of nitrogens with zero attached hydrogens (tertiary/aromatic N) is 3. The van der Waals surface area contributed by atoms with Gasteiger partial charge in [0.15, 0.2) is 0 Å². The van der Waals surface area contributed by atoms with Crippen molar-refractivity contribution in [2.75, 3.05) is 0 Å². The summed E-state index contributed by atoms with van der Waals surface area (Å²) in [5.74, 6) is 0. The van der Waals surface area contributed by atoms with Gasteiger partial charge in [0.25, 0.3) is 0 Å². The van der Waals surface area contributed by atoms with Gasteiger partial charge < -0.3 is 5.73 Å². The van der Waals surface area contributed by atoms with E-state index in [1.54, 1.807) is 6.20 Å². The molecule has 0 spiro atoms. The number of pyridine rings is 1. The second-order valence-electron chi connectivity index (χ2n) is 3.99. The van der Waals surface area contributed by atoms with E-state index in [4.69, 9.17) is 5.73 Å². The van der Waals surface area contributed by atoms with Crippen LogP contribution in [0, 0.1) is 0 Å². The lowest BCUT2D eigenvalue weighted by Gasteiger charge is -2.12. The summed E-state index contributed by atoms with van der Waals surface area (Å²) in [7, 11) is 0. The van der Waals surface area contributed by atoms with Gasteiger partial charge in [0, 0.05) is 18.9 Å². The molecule has 0 fully saturated rings. The number of rotatable bonds is 4. The van der Waals surface area contributed by atoms with E-state index in [-0.39, 0.29) is 6.04 Å². The minimum atomic E-state index is -0.156. The first-order chi connectivity index (χ1) is 8.26. The molecule has 0 bridgehead atoms. The molecule has 0 amide bonds. The SMILES string of the molecule is CCc1cc(C(N)c2cccnc2)n(CC)n1. The summed E-state index contributed by atoms with van der Waals surface area (Å²) in [6.45, 7) is 5.01. The molecule has 2 heterocycles. The van der Waals surface area contributed by atoms with Crippen LogP contribution in [0.3, 0.4) is 0 Å². The van der Waals surface area contributed by atoms with Crippen LogP contribution in [0.1, 0.15) is 36.8 Å². The molecule has 1 unspecified atom stereocenters. The highest BCUT2D eigenvalue weighted by molar-refractivity contribution is 5.26. The van der Waals surface area contributed by atoms with Gasteiger partial charge in [0.2, 0.25) is 0 Å². The summed E-state index contributed by atoms with van der Waals surface area (Å²) in [6, 6.07) is 5.83. The van der Waals surface area contributed by atoms with Crippen molar-refractivity contribution in [1.82, 2.24) is 14.8 Å². The van der Waals surface area contributed by atoms with Gasteiger partial charge in [0.1, 0.15) is 0 Å². The Morgan fingerprint density at radius 2 is 2.24 bits per heavy atom. The lowest BCUT2D eigenvalue weighted by molar-refractivity contribution is 0.594. The summed E-state index contributed by atoms with van der Waals surface area (Å²) in [6.07, 6.45) is 4.49. The van der Waals surface area contributed by atoms with E-state index in [9.17, 15) is 0 Å². The number of aryl methyl sites for hydroxylation is 2. The zero-order chi connectivity index (χ0) is 12.3. The van der Waals surface area contributed by atoms with Crippen LogP contribution in [0.4, 0.5) is 0 Å². The molecule has 0 saturated heterocycles. The molecule has 0 saturated carbocycles. The lowest BCUT2D eigenvalue weighted by atomic mass is 10.1. The summed E-state index contributed by atoms with van der Waals surface area (Å²) in [5.41, 5.74) is 9.42. The largest absolute Gasteiger partial charge is 0.319 e. The minimum absolute atomic E-state index is 0.156. The molecular weight excluding hydrogens is 212 g/mol. The van der Waals surface area contributed by atoms with Gasteiger partial charge in [-0.05, 0) is 31.0 Å². The average molecular weight is 230 g/mol. The Morgan fingerprint density at radius 1 is 1.41 bits per heavy atom. The lowest BCUT2D eigenvalue weighted by Crippen LogP contribution is -2.17. The highest BCUT2D eigenvalue weighted by Gasteiger charge is 2.15. The van der Waals surface area contributed by atoms with Crippen LogP contribution >= 0.6 is 0 Å². The summed E-state index contributed by atoms with van der Waals surface area (Å²) in [5, 5.41) is 4.51. The van der Waals surface area contributed by atoms with Crippen molar-refractivity contribution in [2.45, 2.75) is 32.9 Å². The van der Waals surface area contributed by atoms with Crippen LogP contribution in [0.15, 0.2) is 30.6 Å². The zero-order valence-corrected chi connectivity index (χ0v) is 10.3. The highest BCUT2D eigenvalue weighted by Crippen LogP contribution is 2.19. The third kappa shape index (κ3) is 2.36. The molecule has 1 atom stereocenters. The molecule has 17 heavy (non-hydrogen) atoms. The second kappa shape index (κ2) is 5.10. The first-order valence-electron chi connectivity index (χ1n) is 5.98. The first kappa shape index (κ1) is 11.8. The van der Waals surface area contributed by atoms with Crippen LogP contribution in [-0.2, 0) is 13.0 Å². The van der Waals surface area contributed by atoms with Crippen LogP contribution in [0.2, 0.25) is 0 Å². The predicted molar refractivity (Wildman–Crippen MR) is 67.5 cm³/mol. The Hall–Kier alpha value is -1.68. The van der Waals surface area contributed by atoms with Crippen molar-refractivity contribution < 1.29 is 0 Å². The smallest absolute Gasteiger partial charge is 0.0738 e. The van der Waals surface area contributed by atoms with Crippen molar-refractivity contribution in [3.63, 3.8) is 0 Å². The molecule has 0 aliphatic carbocycles. The molecule has 0 aliphatic heterocycles. The van der Waals surface area contributed by atoms with E-state index in [0.717, 1.165) is 29.9 Å². The van der Waals surface area contributed by atoms with Gasteiger partial charge in [0.05, 0.1) is 17.4 Å². The van der Waals surface area contributed by atoms with Gasteiger partial charge in [-0.3, -0.25) is 9.67 Å². The number of hydrogen-bond donors (Lipinski definition) is 1. The predicted octanol–water partition coefficient (Wildman–Crippen LogP) is 1.91. The quantitative estimate of drug-likeness (QED) is 0.872. The molecule has 2 rings (SSSR count). The van der Waals surface area contributed by atoms with E-state index in [2.05, 4.69) is 30.0 Å². The van der Waals surface area contributed by atoms with Gasteiger partial charge >= 0.3 is 0 Å². The van der Waals surface area contributed by atoms with Gasteiger partial charge in [-0.15, -0.1) is 0 Å². The Kier molecular flexibility index (Phi) is 3.54. The van der Waals surface area contributed by atoms with Crippen LogP contribution in [-0.4, -0.2) is 14.8 Å². The Morgan fingerprint density at radius 3 is 2.82 bits per heavy atom. The summed E-state index contributed by atoms with van der Waals surface area (Å²) >= 11 is 0. The number of hydrogen-bond acceptors (Lipinski definition) is 3. The molecular formula is C13H18N4. The number of aromatic nitrogens is 3. The maximum atomic E-state index is 6.26. The third-order valence-corrected chi connectivity index (χ3v) is 2.89. The van der Waals surface area contributed by atoms with Crippen molar-refractivity contribution >= 4 is 0 Å². The van der Waals surface area contributed by atoms with E-state index in [1.807, 2.05) is 23.0 Å².